The smallest absolute Gasteiger partial charge is 0.305 e. The average molecular weight is 236 g/mol. The van der Waals surface area contributed by atoms with Crippen molar-refractivity contribution in [1.29, 1.82) is 0 Å². The molecule has 1 aromatic rings. The molecule has 0 aromatic carbocycles. The predicted octanol–water partition coefficient (Wildman–Crippen LogP) is 2.38. The van der Waals surface area contributed by atoms with Gasteiger partial charge < -0.3 is 5.32 Å². The molecule has 0 bridgehead atoms. The van der Waals surface area contributed by atoms with Crippen LogP contribution in [-0.2, 0) is 0 Å². The maximum atomic E-state index is 10.5. The van der Waals surface area contributed by atoms with Crippen molar-refractivity contribution in [2.45, 2.75) is 38.6 Å². The lowest BCUT2D eigenvalue weighted by molar-refractivity contribution is -0.385. The summed E-state index contributed by atoms with van der Waals surface area (Å²) in [7, 11) is 0. The minimum Gasteiger partial charge on any atom is -0.351 e. The molecule has 6 heteroatoms. The van der Waals surface area contributed by atoms with Crippen molar-refractivity contribution in [1.82, 2.24) is 9.97 Å². The first-order valence-corrected chi connectivity index (χ1v) is 5.90. The number of aromatic nitrogens is 2. The Balaban J connectivity index is 2.00. The molecule has 1 saturated carbocycles. The van der Waals surface area contributed by atoms with Gasteiger partial charge in [0.1, 0.15) is 12.4 Å². The molecule has 6 nitrogen and oxygen atoms in total. The highest BCUT2D eigenvalue weighted by molar-refractivity contribution is 5.31. The Kier molecular flexibility index (Phi) is 3.51. The Morgan fingerprint density at radius 1 is 1.35 bits per heavy atom. The van der Waals surface area contributed by atoms with Crippen LogP contribution in [-0.4, -0.2) is 20.9 Å². The maximum absolute atomic E-state index is 10.5. The van der Waals surface area contributed by atoms with Crippen LogP contribution in [0.4, 0.5) is 11.6 Å². The number of hydrogen-bond acceptors (Lipinski definition) is 5. The van der Waals surface area contributed by atoms with Gasteiger partial charge in [-0.15, -0.1) is 0 Å². The lowest BCUT2D eigenvalue weighted by Gasteiger charge is -2.29. The standard InChI is InChI=1S/C11H16N4O2/c1-8-4-2-3-5-10(8)14-11-12-6-9(7-13-11)15(16)17/h6-8,10H,2-5H2,1H3,(H,12,13,14). The van der Waals surface area contributed by atoms with Crippen LogP contribution in [0.25, 0.3) is 0 Å². The first-order valence-electron chi connectivity index (χ1n) is 5.90. The number of nitrogens with zero attached hydrogens (tertiary/aromatic N) is 3. The minimum atomic E-state index is -0.493. The zero-order valence-electron chi connectivity index (χ0n) is 9.80. The van der Waals surface area contributed by atoms with E-state index in [0.29, 0.717) is 17.9 Å². The summed E-state index contributed by atoms with van der Waals surface area (Å²) in [6.07, 6.45) is 7.30. The molecule has 0 amide bonds. The van der Waals surface area contributed by atoms with Crippen LogP contribution in [0.2, 0.25) is 0 Å². The van der Waals surface area contributed by atoms with Crippen molar-refractivity contribution in [2.24, 2.45) is 5.92 Å². The third kappa shape index (κ3) is 2.89. The van der Waals surface area contributed by atoms with Crippen molar-refractivity contribution < 1.29 is 4.92 Å². The van der Waals surface area contributed by atoms with E-state index in [1.54, 1.807) is 0 Å². The predicted molar refractivity (Wildman–Crippen MR) is 63.7 cm³/mol. The molecule has 1 aromatic heterocycles. The largest absolute Gasteiger partial charge is 0.351 e. The van der Waals surface area contributed by atoms with Gasteiger partial charge in [0, 0.05) is 6.04 Å². The molecule has 1 aliphatic rings. The quantitative estimate of drug-likeness (QED) is 0.643. The summed E-state index contributed by atoms with van der Waals surface area (Å²) in [6.45, 7) is 2.21. The number of rotatable bonds is 3. The molecule has 0 spiro atoms. The van der Waals surface area contributed by atoms with Gasteiger partial charge >= 0.3 is 5.69 Å². The Hall–Kier alpha value is -1.72. The Morgan fingerprint density at radius 3 is 2.59 bits per heavy atom. The Morgan fingerprint density at radius 2 is 2.00 bits per heavy atom. The van der Waals surface area contributed by atoms with Gasteiger partial charge in [-0.3, -0.25) is 10.1 Å². The van der Waals surface area contributed by atoms with E-state index in [-0.39, 0.29) is 5.69 Å². The van der Waals surface area contributed by atoms with E-state index >= 15 is 0 Å². The second kappa shape index (κ2) is 5.07. The van der Waals surface area contributed by atoms with E-state index in [1.807, 2.05) is 0 Å². The van der Waals surface area contributed by atoms with Crippen LogP contribution in [0.1, 0.15) is 32.6 Å². The first-order chi connectivity index (χ1) is 8.16. The van der Waals surface area contributed by atoms with E-state index in [0.717, 1.165) is 6.42 Å². The summed E-state index contributed by atoms with van der Waals surface area (Å²) in [6, 6.07) is 0.380. The molecule has 0 aliphatic heterocycles. The Bertz CT molecular complexity index is 393. The fourth-order valence-corrected chi connectivity index (χ4v) is 2.19. The van der Waals surface area contributed by atoms with Gasteiger partial charge in [0.05, 0.1) is 4.92 Å². The summed E-state index contributed by atoms with van der Waals surface area (Å²) in [4.78, 5) is 17.9. The number of nitro groups is 1. The molecule has 1 fully saturated rings. The Labute approximate surface area is 99.6 Å². The van der Waals surface area contributed by atoms with E-state index < -0.39 is 4.92 Å². The van der Waals surface area contributed by atoms with Gasteiger partial charge in [-0.25, -0.2) is 9.97 Å². The number of nitrogens with one attached hydrogen (secondary N) is 1. The van der Waals surface area contributed by atoms with Crippen LogP contribution in [0.5, 0.6) is 0 Å². The number of hydrogen-bond donors (Lipinski definition) is 1. The summed E-state index contributed by atoms with van der Waals surface area (Å²) in [5.74, 6) is 1.08. The third-order valence-corrected chi connectivity index (χ3v) is 3.28. The molecule has 1 aliphatic carbocycles. The van der Waals surface area contributed by atoms with Gasteiger partial charge in [-0.2, -0.15) is 0 Å². The van der Waals surface area contributed by atoms with E-state index in [1.165, 1.54) is 31.7 Å². The zero-order chi connectivity index (χ0) is 12.3. The molecule has 2 rings (SSSR count). The number of anilines is 1. The maximum Gasteiger partial charge on any atom is 0.305 e. The van der Waals surface area contributed by atoms with Crippen molar-refractivity contribution in [3.8, 4) is 0 Å². The third-order valence-electron chi connectivity index (χ3n) is 3.28. The molecule has 2 atom stereocenters. The SMILES string of the molecule is CC1CCCCC1Nc1ncc([N+](=O)[O-])cn1. The van der Waals surface area contributed by atoms with E-state index in [9.17, 15) is 10.1 Å². The molecule has 1 heterocycles. The van der Waals surface area contributed by atoms with Crippen molar-refractivity contribution >= 4 is 11.6 Å². The lowest BCUT2D eigenvalue weighted by atomic mass is 9.86. The fourth-order valence-electron chi connectivity index (χ4n) is 2.19. The lowest BCUT2D eigenvalue weighted by Crippen LogP contribution is -2.31. The van der Waals surface area contributed by atoms with E-state index in [4.69, 9.17) is 0 Å². The minimum absolute atomic E-state index is 0.0766. The molecule has 1 N–H and O–H groups in total. The molecule has 0 radical (unpaired) electrons. The average Bonchev–Trinajstić information content (AvgIpc) is 2.33. The second-order valence-electron chi connectivity index (χ2n) is 4.53. The van der Waals surface area contributed by atoms with Crippen LogP contribution in [0, 0.1) is 16.0 Å². The van der Waals surface area contributed by atoms with Gasteiger partial charge in [0.25, 0.3) is 0 Å². The van der Waals surface area contributed by atoms with E-state index in [2.05, 4.69) is 22.2 Å². The van der Waals surface area contributed by atoms with Crippen LogP contribution >= 0.6 is 0 Å². The molecule has 0 saturated heterocycles. The van der Waals surface area contributed by atoms with Crippen LogP contribution < -0.4 is 5.32 Å². The van der Waals surface area contributed by atoms with Gasteiger partial charge in [0.15, 0.2) is 0 Å². The molecule has 92 valence electrons. The van der Waals surface area contributed by atoms with Crippen molar-refractivity contribution in [2.75, 3.05) is 5.32 Å². The fraction of sp³-hybridized carbons (Fsp3) is 0.636. The molecule has 2 unspecified atom stereocenters. The van der Waals surface area contributed by atoms with Gasteiger partial charge in [0.2, 0.25) is 5.95 Å². The van der Waals surface area contributed by atoms with Crippen LogP contribution in [0.15, 0.2) is 12.4 Å². The first kappa shape index (κ1) is 11.8. The van der Waals surface area contributed by atoms with Crippen molar-refractivity contribution in [3.63, 3.8) is 0 Å². The highest BCUT2D eigenvalue weighted by atomic mass is 16.6. The van der Waals surface area contributed by atoms with Crippen molar-refractivity contribution in [3.05, 3.63) is 22.5 Å². The normalized spacial score (nSPS) is 24.3. The second-order valence-corrected chi connectivity index (χ2v) is 4.53. The highest BCUT2D eigenvalue weighted by Crippen LogP contribution is 2.25. The van der Waals surface area contributed by atoms with Crippen LogP contribution in [0.3, 0.4) is 0 Å². The highest BCUT2D eigenvalue weighted by Gasteiger charge is 2.21. The topological polar surface area (TPSA) is 81.0 Å². The summed E-state index contributed by atoms with van der Waals surface area (Å²) in [5.41, 5.74) is -0.0766. The summed E-state index contributed by atoms with van der Waals surface area (Å²) >= 11 is 0. The van der Waals surface area contributed by atoms with Gasteiger partial charge in [-0.05, 0) is 18.8 Å². The molecular weight excluding hydrogens is 220 g/mol. The molecule has 17 heavy (non-hydrogen) atoms. The molecular formula is C11H16N4O2. The summed E-state index contributed by atoms with van der Waals surface area (Å²) in [5, 5.41) is 13.7. The monoisotopic (exact) mass is 236 g/mol. The summed E-state index contributed by atoms with van der Waals surface area (Å²) < 4.78 is 0. The van der Waals surface area contributed by atoms with Gasteiger partial charge in [-0.1, -0.05) is 19.8 Å². The zero-order valence-corrected chi connectivity index (χ0v) is 9.80.